The Morgan fingerprint density at radius 2 is 1.84 bits per heavy atom. The van der Waals surface area contributed by atoms with Gasteiger partial charge in [0.15, 0.2) is 0 Å². The fourth-order valence-corrected chi connectivity index (χ4v) is 4.37. The van der Waals surface area contributed by atoms with Crippen molar-refractivity contribution >= 4 is 21.8 Å². The van der Waals surface area contributed by atoms with Crippen molar-refractivity contribution in [2.45, 2.75) is 36.6 Å². The van der Waals surface area contributed by atoms with Gasteiger partial charge < -0.3 is 5.11 Å². The summed E-state index contributed by atoms with van der Waals surface area (Å²) in [6, 6.07) is 7.83. The lowest BCUT2D eigenvalue weighted by molar-refractivity contribution is 0.140. The molecule has 1 aliphatic carbocycles. The number of aliphatic hydroxyl groups is 1. The van der Waals surface area contributed by atoms with Crippen LogP contribution in [0.15, 0.2) is 35.2 Å². The van der Waals surface area contributed by atoms with Gasteiger partial charge in [0.1, 0.15) is 0 Å². The summed E-state index contributed by atoms with van der Waals surface area (Å²) in [5, 5.41) is 9.37. The molecule has 0 saturated heterocycles. The van der Waals surface area contributed by atoms with Gasteiger partial charge in [0, 0.05) is 18.6 Å². The lowest BCUT2D eigenvalue weighted by Crippen LogP contribution is -2.41. The molecule has 0 aliphatic heterocycles. The molecule has 106 valence electrons. The molecule has 1 saturated carbocycles. The van der Waals surface area contributed by atoms with Crippen molar-refractivity contribution in [3.63, 3.8) is 0 Å². The highest BCUT2D eigenvalue weighted by Gasteiger charge is 2.36. The number of hydrogen-bond acceptors (Lipinski definition) is 3. The van der Waals surface area contributed by atoms with Crippen LogP contribution >= 0.6 is 11.8 Å². The normalized spacial score (nSPS) is 24.6. The minimum Gasteiger partial charge on any atom is -0.396 e. The Balaban J connectivity index is 2.25. The van der Waals surface area contributed by atoms with E-state index in [4.69, 9.17) is 11.8 Å². The van der Waals surface area contributed by atoms with E-state index in [0.29, 0.717) is 6.42 Å². The highest BCUT2D eigenvalue weighted by Crippen LogP contribution is 2.33. The zero-order valence-electron chi connectivity index (χ0n) is 10.6. The van der Waals surface area contributed by atoms with E-state index in [1.807, 2.05) is 0 Å². The Kier molecular flexibility index (Phi) is 4.84. The summed E-state index contributed by atoms with van der Waals surface area (Å²) in [4.78, 5) is 0.187. The van der Waals surface area contributed by atoms with Crippen molar-refractivity contribution in [3.8, 4) is 0 Å². The van der Waals surface area contributed by atoms with Gasteiger partial charge in [-0.25, -0.2) is 8.42 Å². The average Bonchev–Trinajstić information content (AvgIpc) is 2.47. The van der Waals surface area contributed by atoms with E-state index in [0.717, 1.165) is 23.1 Å². The molecule has 2 atom stereocenters. The fraction of sp³-hybridized carbons (Fsp3) is 0.538. The van der Waals surface area contributed by atoms with E-state index in [9.17, 15) is 13.5 Å². The summed E-state index contributed by atoms with van der Waals surface area (Å²) in [5.74, 6) is -0.0789. The lowest BCUT2D eigenvalue weighted by Gasteiger charge is -2.34. The first kappa shape index (κ1) is 14.8. The predicted molar refractivity (Wildman–Crippen MR) is 74.2 cm³/mol. The van der Waals surface area contributed by atoms with Gasteiger partial charge in [-0.05, 0) is 36.8 Å². The van der Waals surface area contributed by atoms with Gasteiger partial charge >= 0.3 is 0 Å². The number of benzene rings is 1. The summed E-state index contributed by atoms with van der Waals surface area (Å²) in [6.07, 6.45) is 3.46. The third-order valence-electron chi connectivity index (χ3n) is 3.63. The molecule has 0 radical (unpaired) electrons. The van der Waals surface area contributed by atoms with Crippen molar-refractivity contribution in [2.75, 3.05) is 6.61 Å². The van der Waals surface area contributed by atoms with E-state index in [-0.39, 0.29) is 23.5 Å². The van der Waals surface area contributed by atoms with Gasteiger partial charge in [-0.15, -0.1) is 3.82 Å². The number of aliphatic hydroxyl groups excluding tert-OH is 1. The fourth-order valence-electron chi connectivity index (χ4n) is 2.54. The molecule has 0 unspecified atom stereocenters. The first-order valence-electron chi connectivity index (χ1n) is 6.43. The molecular weight excluding hydrogens is 286 g/mol. The Hall–Kier alpha value is -0.620. The Morgan fingerprint density at radius 3 is 2.47 bits per heavy atom. The zero-order chi connectivity index (χ0) is 13.9. The van der Waals surface area contributed by atoms with Crippen LogP contribution in [0.4, 0.5) is 0 Å². The average molecular weight is 304 g/mol. The molecule has 1 aromatic carbocycles. The summed E-state index contributed by atoms with van der Waals surface area (Å²) in [6.45, 7) is -0.0296. The van der Waals surface area contributed by atoms with E-state index in [2.05, 4.69) is 0 Å². The quantitative estimate of drug-likeness (QED) is 0.869. The van der Waals surface area contributed by atoms with Crippen molar-refractivity contribution in [3.05, 3.63) is 30.3 Å². The monoisotopic (exact) mass is 303 g/mol. The first-order valence-corrected chi connectivity index (χ1v) is 8.21. The molecule has 0 amide bonds. The second-order valence-corrected chi connectivity index (χ2v) is 7.23. The summed E-state index contributed by atoms with van der Waals surface area (Å²) >= 11 is 6.09. The zero-order valence-corrected chi connectivity index (χ0v) is 12.1. The number of hydrogen-bond donors (Lipinski definition) is 1. The van der Waals surface area contributed by atoms with Crippen LogP contribution in [0.2, 0.25) is 0 Å². The molecular formula is C13H18ClNO3S. The maximum atomic E-state index is 12.4. The summed E-state index contributed by atoms with van der Waals surface area (Å²) < 4.78 is 25.7. The first-order chi connectivity index (χ1) is 9.07. The summed E-state index contributed by atoms with van der Waals surface area (Å²) in [5.41, 5.74) is 0. The van der Waals surface area contributed by atoms with E-state index < -0.39 is 10.0 Å². The van der Waals surface area contributed by atoms with Crippen LogP contribution in [0.1, 0.15) is 25.7 Å². The van der Waals surface area contributed by atoms with Crippen LogP contribution in [0.5, 0.6) is 0 Å². The van der Waals surface area contributed by atoms with Crippen molar-refractivity contribution in [1.82, 2.24) is 3.82 Å². The highest BCUT2D eigenvalue weighted by molar-refractivity contribution is 7.90. The van der Waals surface area contributed by atoms with E-state index in [1.165, 1.54) is 12.1 Å². The maximum Gasteiger partial charge on any atom is 0.256 e. The van der Waals surface area contributed by atoms with Gasteiger partial charge in [-0.3, -0.25) is 0 Å². The van der Waals surface area contributed by atoms with E-state index in [1.54, 1.807) is 18.2 Å². The smallest absolute Gasteiger partial charge is 0.256 e. The molecule has 1 fully saturated rings. The second kappa shape index (κ2) is 6.22. The molecule has 0 bridgehead atoms. The standard InChI is InChI=1S/C13H18ClNO3S/c14-15(13-9-5-4-6-11(13)10-16)19(17,18)12-7-2-1-3-8-12/h1-3,7-8,11,13,16H,4-6,9-10H2/t11-,13+/m0/s1. The number of sulfonamides is 1. The second-order valence-electron chi connectivity index (χ2n) is 4.85. The number of rotatable bonds is 4. The topological polar surface area (TPSA) is 57.6 Å². The van der Waals surface area contributed by atoms with Crippen LogP contribution in [-0.4, -0.2) is 30.0 Å². The van der Waals surface area contributed by atoms with Gasteiger partial charge in [0.05, 0.1) is 4.90 Å². The molecule has 0 aromatic heterocycles. The Labute approximate surface area is 119 Å². The predicted octanol–water partition coefficient (Wildman–Crippen LogP) is 2.38. The number of halogens is 1. The van der Waals surface area contributed by atoms with Crippen LogP contribution < -0.4 is 0 Å². The molecule has 4 nitrogen and oxygen atoms in total. The molecule has 19 heavy (non-hydrogen) atoms. The Bertz CT molecular complexity index is 506. The minimum atomic E-state index is -3.69. The molecule has 0 heterocycles. The molecule has 0 spiro atoms. The summed E-state index contributed by atoms with van der Waals surface area (Å²) in [7, 11) is -3.69. The maximum absolute atomic E-state index is 12.4. The Morgan fingerprint density at radius 1 is 1.21 bits per heavy atom. The van der Waals surface area contributed by atoms with Crippen molar-refractivity contribution in [1.29, 1.82) is 0 Å². The van der Waals surface area contributed by atoms with Crippen molar-refractivity contribution < 1.29 is 13.5 Å². The van der Waals surface area contributed by atoms with Crippen LogP contribution in [0.25, 0.3) is 0 Å². The lowest BCUT2D eigenvalue weighted by atomic mass is 9.86. The third kappa shape index (κ3) is 3.11. The van der Waals surface area contributed by atoms with Gasteiger partial charge in [0.25, 0.3) is 10.0 Å². The van der Waals surface area contributed by atoms with Gasteiger partial charge in [-0.1, -0.05) is 31.0 Å². The van der Waals surface area contributed by atoms with Gasteiger partial charge in [0.2, 0.25) is 0 Å². The minimum absolute atomic E-state index is 0.0296. The molecule has 1 N–H and O–H groups in total. The molecule has 6 heteroatoms. The van der Waals surface area contributed by atoms with Gasteiger partial charge in [-0.2, -0.15) is 0 Å². The van der Waals surface area contributed by atoms with Crippen LogP contribution in [-0.2, 0) is 10.0 Å². The SMILES string of the molecule is O=S(=O)(c1ccccc1)N(Cl)[C@@H]1CCCC[C@H]1CO. The largest absolute Gasteiger partial charge is 0.396 e. The number of nitrogens with zero attached hydrogens (tertiary/aromatic N) is 1. The van der Waals surface area contributed by atoms with Crippen LogP contribution in [0.3, 0.4) is 0 Å². The van der Waals surface area contributed by atoms with E-state index >= 15 is 0 Å². The van der Waals surface area contributed by atoms with Crippen LogP contribution in [0, 0.1) is 5.92 Å². The third-order valence-corrected chi connectivity index (χ3v) is 6.03. The molecule has 1 aromatic rings. The molecule has 1 aliphatic rings. The molecule has 2 rings (SSSR count). The van der Waals surface area contributed by atoms with Crippen molar-refractivity contribution in [2.24, 2.45) is 5.92 Å². The highest BCUT2D eigenvalue weighted by atomic mass is 35.5.